The van der Waals surface area contributed by atoms with Crippen molar-refractivity contribution in [1.29, 1.82) is 0 Å². The molecule has 0 unspecified atom stereocenters. The molecule has 0 radical (unpaired) electrons. The van der Waals surface area contributed by atoms with Gasteiger partial charge in [0.2, 0.25) is 0 Å². The van der Waals surface area contributed by atoms with Crippen LogP contribution < -0.4 is 14.9 Å². The van der Waals surface area contributed by atoms with E-state index in [1.807, 2.05) is 54.0 Å². The van der Waals surface area contributed by atoms with Crippen molar-refractivity contribution in [1.82, 2.24) is 9.99 Å². The second-order valence-electron chi connectivity index (χ2n) is 5.83. The highest BCUT2D eigenvalue weighted by molar-refractivity contribution is 5.97. The fraction of sp³-hybridized carbons (Fsp3) is 0.143. The highest BCUT2D eigenvalue weighted by Gasteiger charge is 2.10. The quantitative estimate of drug-likeness (QED) is 0.538. The maximum atomic E-state index is 12.3. The third-order valence-electron chi connectivity index (χ3n) is 4.15. The van der Waals surface area contributed by atoms with Gasteiger partial charge < -0.3 is 14.0 Å². The van der Waals surface area contributed by atoms with Crippen LogP contribution in [0.2, 0.25) is 0 Å². The van der Waals surface area contributed by atoms with Gasteiger partial charge in [-0.3, -0.25) is 4.79 Å². The average molecular weight is 363 g/mol. The second-order valence-corrected chi connectivity index (χ2v) is 5.83. The van der Waals surface area contributed by atoms with E-state index < -0.39 is 0 Å². The molecule has 0 aliphatic rings. The van der Waals surface area contributed by atoms with Crippen LogP contribution in [0.15, 0.2) is 65.8 Å². The van der Waals surface area contributed by atoms with Crippen molar-refractivity contribution in [2.45, 2.75) is 6.92 Å². The van der Waals surface area contributed by atoms with Gasteiger partial charge in [0.25, 0.3) is 5.91 Å². The molecule has 0 aliphatic carbocycles. The van der Waals surface area contributed by atoms with Crippen LogP contribution in [0.1, 0.15) is 21.7 Å². The fourth-order valence-corrected chi connectivity index (χ4v) is 2.79. The molecule has 6 nitrogen and oxygen atoms in total. The molecule has 2 aromatic carbocycles. The van der Waals surface area contributed by atoms with E-state index in [-0.39, 0.29) is 5.91 Å². The molecule has 0 bridgehead atoms. The summed E-state index contributed by atoms with van der Waals surface area (Å²) in [7, 11) is 3.16. The van der Waals surface area contributed by atoms with E-state index in [2.05, 4.69) is 10.5 Å². The van der Waals surface area contributed by atoms with E-state index in [4.69, 9.17) is 9.47 Å². The number of nitrogens with one attached hydrogen (secondary N) is 1. The third kappa shape index (κ3) is 4.00. The molecule has 0 aliphatic heterocycles. The summed E-state index contributed by atoms with van der Waals surface area (Å²) in [5, 5.41) is 4.10. The Balaban J connectivity index is 1.79. The average Bonchev–Trinajstić information content (AvgIpc) is 3.08. The number of hydrogen-bond acceptors (Lipinski definition) is 4. The van der Waals surface area contributed by atoms with Gasteiger partial charge in [-0.05, 0) is 55.5 Å². The molecule has 0 saturated carbocycles. The number of aromatic nitrogens is 1. The standard InChI is InChI=1S/C21H21N3O3/c1-15-8-9-17(24(15)16-10-12-18(26-2)13-11-16)14-22-23-21(25)19-6-4-5-7-20(19)27-3/h4-14H,1-3H3,(H,23,25)/b22-14+. The monoisotopic (exact) mass is 363 g/mol. The highest BCUT2D eigenvalue weighted by Crippen LogP contribution is 2.19. The minimum Gasteiger partial charge on any atom is -0.497 e. The van der Waals surface area contributed by atoms with Crippen LogP contribution in [-0.4, -0.2) is 30.9 Å². The topological polar surface area (TPSA) is 64.8 Å². The Morgan fingerprint density at radius 3 is 2.44 bits per heavy atom. The third-order valence-corrected chi connectivity index (χ3v) is 4.15. The number of rotatable bonds is 6. The molecule has 3 aromatic rings. The van der Waals surface area contributed by atoms with Gasteiger partial charge in [0.15, 0.2) is 0 Å². The molecule has 0 spiro atoms. The Morgan fingerprint density at radius 2 is 1.74 bits per heavy atom. The Labute approximate surface area is 158 Å². The van der Waals surface area contributed by atoms with E-state index in [9.17, 15) is 4.79 Å². The van der Waals surface area contributed by atoms with Crippen LogP contribution >= 0.6 is 0 Å². The lowest BCUT2D eigenvalue weighted by atomic mass is 10.2. The maximum absolute atomic E-state index is 12.3. The number of para-hydroxylation sites is 1. The summed E-state index contributed by atoms with van der Waals surface area (Å²) in [6, 6.07) is 18.7. The minimum absolute atomic E-state index is 0.331. The molecule has 138 valence electrons. The zero-order valence-electron chi connectivity index (χ0n) is 15.5. The van der Waals surface area contributed by atoms with Crippen molar-refractivity contribution in [3.05, 3.63) is 77.6 Å². The number of amides is 1. The number of hydrazone groups is 1. The first-order valence-electron chi connectivity index (χ1n) is 8.43. The van der Waals surface area contributed by atoms with Gasteiger partial charge in [-0.15, -0.1) is 0 Å². The normalized spacial score (nSPS) is 10.8. The van der Waals surface area contributed by atoms with Crippen LogP contribution in [-0.2, 0) is 0 Å². The first-order valence-corrected chi connectivity index (χ1v) is 8.43. The van der Waals surface area contributed by atoms with Gasteiger partial charge in [-0.25, -0.2) is 5.43 Å². The SMILES string of the molecule is COc1ccc(-n2c(C)ccc2/C=N/NC(=O)c2ccccc2OC)cc1. The van der Waals surface area contributed by atoms with Crippen LogP contribution in [0.25, 0.3) is 5.69 Å². The number of nitrogens with zero attached hydrogens (tertiary/aromatic N) is 2. The molecular formula is C21H21N3O3. The number of ether oxygens (including phenoxy) is 2. The van der Waals surface area contributed by atoms with E-state index in [1.165, 1.54) is 7.11 Å². The molecule has 6 heteroatoms. The van der Waals surface area contributed by atoms with Crippen molar-refractivity contribution in [2.24, 2.45) is 5.10 Å². The molecule has 3 rings (SSSR count). The first-order chi connectivity index (χ1) is 13.1. The van der Waals surface area contributed by atoms with Crippen LogP contribution in [0, 0.1) is 6.92 Å². The summed E-state index contributed by atoms with van der Waals surface area (Å²) in [6.07, 6.45) is 1.62. The molecule has 1 aromatic heterocycles. The first kappa shape index (κ1) is 18.3. The van der Waals surface area contributed by atoms with Gasteiger partial charge in [0.05, 0.1) is 31.7 Å². The summed E-state index contributed by atoms with van der Waals surface area (Å²) in [4.78, 5) is 12.3. The number of carbonyl (C=O) groups is 1. The summed E-state index contributed by atoms with van der Waals surface area (Å²) in [6.45, 7) is 2.01. The summed E-state index contributed by atoms with van der Waals surface area (Å²) in [5.74, 6) is 0.966. The molecule has 27 heavy (non-hydrogen) atoms. The summed E-state index contributed by atoms with van der Waals surface area (Å²) in [5.41, 5.74) is 5.86. The molecular weight excluding hydrogens is 342 g/mol. The summed E-state index contributed by atoms with van der Waals surface area (Å²) < 4.78 is 12.4. The predicted molar refractivity (Wildman–Crippen MR) is 105 cm³/mol. The molecule has 1 heterocycles. The lowest BCUT2D eigenvalue weighted by Crippen LogP contribution is -2.18. The van der Waals surface area contributed by atoms with Gasteiger partial charge in [-0.1, -0.05) is 12.1 Å². The number of methoxy groups -OCH3 is 2. The molecule has 1 amide bonds. The number of carbonyl (C=O) groups excluding carboxylic acids is 1. The van der Waals surface area contributed by atoms with Crippen LogP contribution in [0.3, 0.4) is 0 Å². The molecule has 0 fully saturated rings. The van der Waals surface area contributed by atoms with Gasteiger partial charge in [0.1, 0.15) is 11.5 Å². The number of aryl methyl sites for hydroxylation is 1. The largest absolute Gasteiger partial charge is 0.497 e. The van der Waals surface area contributed by atoms with Crippen molar-refractivity contribution in [3.63, 3.8) is 0 Å². The lowest BCUT2D eigenvalue weighted by Gasteiger charge is -2.10. The van der Waals surface area contributed by atoms with E-state index >= 15 is 0 Å². The highest BCUT2D eigenvalue weighted by atomic mass is 16.5. The second kappa shape index (κ2) is 8.23. The maximum Gasteiger partial charge on any atom is 0.275 e. The summed E-state index contributed by atoms with van der Waals surface area (Å²) >= 11 is 0. The van der Waals surface area contributed by atoms with E-state index in [1.54, 1.807) is 31.5 Å². The van der Waals surface area contributed by atoms with E-state index in [0.717, 1.165) is 22.8 Å². The Bertz CT molecular complexity index is 959. The van der Waals surface area contributed by atoms with Crippen molar-refractivity contribution < 1.29 is 14.3 Å². The number of hydrogen-bond donors (Lipinski definition) is 1. The zero-order chi connectivity index (χ0) is 19.2. The lowest BCUT2D eigenvalue weighted by molar-refractivity contribution is 0.0952. The molecule has 1 N–H and O–H groups in total. The van der Waals surface area contributed by atoms with Gasteiger partial charge in [0, 0.05) is 11.4 Å². The van der Waals surface area contributed by atoms with Crippen molar-refractivity contribution >= 4 is 12.1 Å². The smallest absolute Gasteiger partial charge is 0.275 e. The van der Waals surface area contributed by atoms with Gasteiger partial charge in [-0.2, -0.15) is 5.10 Å². The minimum atomic E-state index is -0.331. The van der Waals surface area contributed by atoms with Crippen LogP contribution in [0.4, 0.5) is 0 Å². The predicted octanol–water partition coefficient (Wildman–Crippen LogP) is 3.57. The number of benzene rings is 2. The molecule has 0 saturated heterocycles. The zero-order valence-corrected chi connectivity index (χ0v) is 15.5. The van der Waals surface area contributed by atoms with Gasteiger partial charge >= 0.3 is 0 Å². The molecule has 0 atom stereocenters. The Morgan fingerprint density at radius 1 is 1.00 bits per heavy atom. The van der Waals surface area contributed by atoms with Crippen molar-refractivity contribution in [2.75, 3.05) is 14.2 Å². The Hall–Kier alpha value is -3.54. The Kier molecular flexibility index (Phi) is 5.56. The fourth-order valence-electron chi connectivity index (χ4n) is 2.79. The van der Waals surface area contributed by atoms with Crippen molar-refractivity contribution in [3.8, 4) is 17.2 Å². The van der Waals surface area contributed by atoms with Crippen LogP contribution in [0.5, 0.6) is 11.5 Å². The van der Waals surface area contributed by atoms with E-state index in [0.29, 0.717) is 11.3 Å².